The van der Waals surface area contributed by atoms with Crippen LogP contribution in [0.4, 0.5) is 0 Å². The van der Waals surface area contributed by atoms with E-state index in [0.717, 1.165) is 17.3 Å². The number of hydrogen-bond donors (Lipinski definition) is 3. The smallest absolute Gasteiger partial charge is 0.267 e. The number of carbonyl (C=O) groups is 1. The molecule has 0 bridgehead atoms. The Balaban J connectivity index is 2.15. The molecule has 0 radical (unpaired) electrons. The Labute approximate surface area is 104 Å². The third-order valence-corrected chi connectivity index (χ3v) is 2.73. The number of amides is 1. The summed E-state index contributed by atoms with van der Waals surface area (Å²) in [6.45, 7) is 1.16. The topological polar surface area (TPSA) is 70.9 Å². The molecule has 0 unspecified atom stereocenters. The van der Waals surface area contributed by atoms with E-state index in [1.54, 1.807) is 12.1 Å². The third kappa shape index (κ3) is 2.78. The summed E-state index contributed by atoms with van der Waals surface area (Å²) in [6, 6.07) is 7.29. The summed E-state index contributed by atoms with van der Waals surface area (Å²) in [5.74, 6) is -0.120. The Morgan fingerprint density at radius 2 is 2.24 bits per heavy atom. The quantitative estimate of drug-likeness (QED) is 0.727. The minimum absolute atomic E-state index is 0.120. The van der Waals surface area contributed by atoms with E-state index in [-0.39, 0.29) is 5.91 Å². The Bertz CT molecular complexity index is 536. The maximum absolute atomic E-state index is 11.8. The van der Waals surface area contributed by atoms with Crippen LogP contribution in [-0.2, 0) is 0 Å². The first kappa shape index (κ1) is 12.0. The van der Waals surface area contributed by atoms with Crippen molar-refractivity contribution in [3.8, 4) is 0 Å². The largest absolute Gasteiger partial charge is 0.351 e. The fourth-order valence-corrected chi connectivity index (χ4v) is 1.79. The number of H-pyrrole nitrogens is 1. The van der Waals surface area contributed by atoms with E-state index >= 15 is 0 Å². The zero-order valence-electron chi connectivity index (χ0n) is 9.29. The second-order valence-electron chi connectivity index (χ2n) is 3.81. The molecule has 0 saturated heterocycles. The Morgan fingerprint density at radius 1 is 1.41 bits per heavy atom. The van der Waals surface area contributed by atoms with Crippen LogP contribution in [0.2, 0.25) is 5.02 Å². The van der Waals surface area contributed by atoms with Crippen molar-refractivity contribution in [2.24, 2.45) is 5.73 Å². The molecule has 0 aliphatic heterocycles. The second-order valence-corrected chi connectivity index (χ2v) is 4.25. The number of halogens is 1. The van der Waals surface area contributed by atoms with Gasteiger partial charge in [0.15, 0.2) is 0 Å². The van der Waals surface area contributed by atoms with Crippen LogP contribution in [0, 0.1) is 0 Å². The first-order valence-electron chi connectivity index (χ1n) is 5.47. The zero-order valence-corrected chi connectivity index (χ0v) is 10.1. The Hall–Kier alpha value is -1.52. The van der Waals surface area contributed by atoms with Crippen molar-refractivity contribution in [3.05, 3.63) is 35.0 Å². The van der Waals surface area contributed by atoms with Gasteiger partial charge < -0.3 is 16.0 Å². The monoisotopic (exact) mass is 251 g/mol. The van der Waals surface area contributed by atoms with E-state index < -0.39 is 0 Å². The summed E-state index contributed by atoms with van der Waals surface area (Å²) in [7, 11) is 0. The summed E-state index contributed by atoms with van der Waals surface area (Å²) in [4.78, 5) is 14.8. The van der Waals surface area contributed by atoms with Crippen molar-refractivity contribution in [1.82, 2.24) is 10.3 Å². The highest BCUT2D eigenvalue weighted by atomic mass is 35.5. The fraction of sp³-hybridized carbons (Fsp3) is 0.250. The molecule has 2 aromatic rings. The predicted octanol–water partition coefficient (Wildman–Crippen LogP) is 1.90. The van der Waals surface area contributed by atoms with Gasteiger partial charge in [0.25, 0.3) is 5.91 Å². The fourth-order valence-electron chi connectivity index (χ4n) is 1.62. The van der Waals surface area contributed by atoms with Gasteiger partial charge in [0.05, 0.1) is 0 Å². The van der Waals surface area contributed by atoms with Gasteiger partial charge in [-0.2, -0.15) is 0 Å². The zero-order chi connectivity index (χ0) is 12.3. The SMILES string of the molecule is NCCCNC(=O)c1cc2ccc(Cl)cc2[nH]1. The first-order chi connectivity index (χ1) is 8.20. The summed E-state index contributed by atoms with van der Waals surface area (Å²) >= 11 is 5.88. The lowest BCUT2D eigenvalue weighted by Gasteiger charge is -2.01. The van der Waals surface area contributed by atoms with Gasteiger partial charge in [-0.15, -0.1) is 0 Å². The maximum Gasteiger partial charge on any atom is 0.267 e. The molecule has 90 valence electrons. The highest BCUT2D eigenvalue weighted by Crippen LogP contribution is 2.19. The molecule has 1 heterocycles. The number of fused-ring (bicyclic) bond motifs is 1. The Morgan fingerprint density at radius 3 is 3.00 bits per heavy atom. The molecule has 0 atom stereocenters. The number of nitrogens with one attached hydrogen (secondary N) is 2. The number of rotatable bonds is 4. The van der Waals surface area contributed by atoms with Gasteiger partial charge in [-0.1, -0.05) is 17.7 Å². The molecule has 17 heavy (non-hydrogen) atoms. The molecule has 5 heteroatoms. The van der Waals surface area contributed by atoms with Gasteiger partial charge in [0, 0.05) is 22.5 Å². The summed E-state index contributed by atoms with van der Waals surface area (Å²) in [6.07, 6.45) is 0.776. The highest BCUT2D eigenvalue weighted by molar-refractivity contribution is 6.31. The van der Waals surface area contributed by atoms with Gasteiger partial charge in [-0.3, -0.25) is 4.79 Å². The molecule has 0 saturated carbocycles. The van der Waals surface area contributed by atoms with Crippen molar-refractivity contribution in [2.45, 2.75) is 6.42 Å². The minimum Gasteiger partial charge on any atom is -0.351 e. The van der Waals surface area contributed by atoms with Gasteiger partial charge in [0.2, 0.25) is 0 Å². The van der Waals surface area contributed by atoms with Gasteiger partial charge in [-0.05, 0) is 31.2 Å². The number of aromatic amines is 1. The van der Waals surface area contributed by atoms with Crippen LogP contribution in [-0.4, -0.2) is 24.0 Å². The molecule has 0 aliphatic rings. The minimum atomic E-state index is -0.120. The standard InChI is InChI=1S/C12H14ClN3O/c13-9-3-2-8-6-11(16-10(8)7-9)12(17)15-5-1-4-14/h2-3,6-7,16H,1,4-5,14H2,(H,15,17). The van der Waals surface area contributed by atoms with E-state index in [4.69, 9.17) is 17.3 Å². The summed E-state index contributed by atoms with van der Waals surface area (Å²) in [5.41, 5.74) is 6.76. The van der Waals surface area contributed by atoms with Crippen molar-refractivity contribution in [2.75, 3.05) is 13.1 Å². The molecular weight excluding hydrogens is 238 g/mol. The Kier molecular flexibility index (Phi) is 3.66. The van der Waals surface area contributed by atoms with Crippen LogP contribution in [0.15, 0.2) is 24.3 Å². The van der Waals surface area contributed by atoms with Crippen molar-refractivity contribution in [3.63, 3.8) is 0 Å². The van der Waals surface area contributed by atoms with Crippen molar-refractivity contribution in [1.29, 1.82) is 0 Å². The second kappa shape index (κ2) is 5.21. The lowest BCUT2D eigenvalue weighted by Crippen LogP contribution is -2.26. The lowest BCUT2D eigenvalue weighted by molar-refractivity contribution is 0.0949. The number of benzene rings is 1. The van der Waals surface area contributed by atoms with Gasteiger partial charge in [0.1, 0.15) is 5.69 Å². The number of aromatic nitrogens is 1. The van der Waals surface area contributed by atoms with E-state index in [1.807, 2.05) is 12.1 Å². The third-order valence-electron chi connectivity index (χ3n) is 2.50. The normalized spacial score (nSPS) is 10.7. The van der Waals surface area contributed by atoms with Crippen LogP contribution >= 0.6 is 11.6 Å². The van der Waals surface area contributed by atoms with Crippen molar-refractivity contribution < 1.29 is 4.79 Å². The molecule has 4 N–H and O–H groups in total. The van der Waals surface area contributed by atoms with Crippen molar-refractivity contribution >= 4 is 28.4 Å². The summed E-state index contributed by atoms with van der Waals surface area (Å²) < 4.78 is 0. The predicted molar refractivity (Wildman–Crippen MR) is 69.3 cm³/mol. The number of nitrogens with two attached hydrogens (primary N) is 1. The first-order valence-corrected chi connectivity index (χ1v) is 5.85. The molecule has 1 amide bonds. The number of carbonyl (C=O) groups excluding carboxylic acids is 1. The maximum atomic E-state index is 11.8. The van der Waals surface area contributed by atoms with E-state index in [0.29, 0.717) is 23.8 Å². The van der Waals surface area contributed by atoms with Crippen LogP contribution in [0.3, 0.4) is 0 Å². The van der Waals surface area contributed by atoms with Crippen LogP contribution in [0.5, 0.6) is 0 Å². The molecule has 1 aromatic heterocycles. The highest BCUT2D eigenvalue weighted by Gasteiger charge is 2.08. The average molecular weight is 252 g/mol. The molecular formula is C12H14ClN3O. The molecule has 2 rings (SSSR count). The lowest BCUT2D eigenvalue weighted by atomic mass is 10.2. The van der Waals surface area contributed by atoms with E-state index in [1.165, 1.54) is 0 Å². The molecule has 4 nitrogen and oxygen atoms in total. The molecule has 0 aliphatic carbocycles. The van der Waals surface area contributed by atoms with Crippen LogP contribution in [0.25, 0.3) is 10.9 Å². The van der Waals surface area contributed by atoms with E-state index in [9.17, 15) is 4.79 Å². The molecule has 0 spiro atoms. The molecule has 1 aromatic carbocycles. The van der Waals surface area contributed by atoms with Crippen LogP contribution < -0.4 is 11.1 Å². The summed E-state index contributed by atoms with van der Waals surface area (Å²) in [5, 5.41) is 4.41. The molecule has 0 fully saturated rings. The van der Waals surface area contributed by atoms with Gasteiger partial charge >= 0.3 is 0 Å². The average Bonchev–Trinajstić information content (AvgIpc) is 2.72. The van der Waals surface area contributed by atoms with Gasteiger partial charge in [-0.25, -0.2) is 0 Å². The van der Waals surface area contributed by atoms with E-state index in [2.05, 4.69) is 10.3 Å². The van der Waals surface area contributed by atoms with Crippen LogP contribution in [0.1, 0.15) is 16.9 Å². The number of hydrogen-bond acceptors (Lipinski definition) is 2.